The maximum atomic E-state index is 12.1. The summed E-state index contributed by atoms with van der Waals surface area (Å²) in [7, 11) is 1.56. The summed E-state index contributed by atoms with van der Waals surface area (Å²) in [5, 5.41) is 4.94. The number of imide groups is 1. The van der Waals surface area contributed by atoms with Crippen molar-refractivity contribution in [3.63, 3.8) is 0 Å². The summed E-state index contributed by atoms with van der Waals surface area (Å²) in [4.78, 5) is 36.9. The number of hydrogen-bond acceptors (Lipinski definition) is 5. The van der Waals surface area contributed by atoms with Crippen molar-refractivity contribution in [3.8, 4) is 5.75 Å². The lowest BCUT2D eigenvalue weighted by atomic mass is 9.93. The van der Waals surface area contributed by atoms with Crippen LogP contribution in [0.5, 0.6) is 5.75 Å². The van der Waals surface area contributed by atoms with Crippen molar-refractivity contribution < 1.29 is 19.1 Å². The predicted octanol–water partition coefficient (Wildman–Crippen LogP) is 1.32. The molecule has 1 aliphatic heterocycles. The molecule has 1 aromatic carbocycles. The summed E-state index contributed by atoms with van der Waals surface area (Å²) in [5.41, 5.74) is 5.76. The Hall–Kier alpha value is -2.61. The van der Waals surface area contributed by atoms with Crippen LogP contribution in [-0.4, -0.2) is 49.5 Å². The van der Waals surface area contributed by atoms with Crippen molar-refractivity contribution in [1.82, 2.24) is 10.2 Å². The minimum absolute atomic E-state index is 0.156. The molecule has 4 amide bonds. The number of nitrogens with zero attached hydrogens (tertiary/aromatic N) is 1. The fourth-order valence-electron chi connectivity index (χ4n) is 3.08. The molecular formula is C18H26N4O4. The third kappa shape index (κ3) is 6.72. The smallest absolute Gasteiger partial charge is 0.325 e. The van der Waals surface area contributed by atoms with Crippen molar-refractivity contribution >= 4 is 23.5 Å². The van der Waals surface area contributed by atoms with Gasteiger partial charge in [-0.25, -0.2) is 4.79 Å². The first-order valence-corrected chi connectivity index (χ1v) is 8.72. The number of carbonyl (C=O) groups is 3. The topological polar surface area (TPSA) is 114 Å². The number of benzene rings is 1. The number of carbonyl (C=O) groups excluding carboxylic acids is 3. The Morgan fingerprint density at radius 2 is 2.00 bits per heavy atom. The average Bonchev–Trinajstić information content (AvgIpc) is 2.60. The quantitative estimate of drug-likeness (QED) is 0.677. The van der Waals surface area contributed by atoms with E-state index in [9.17, 15) is 14.4 Å². The summed E-state index contributed by atoms with van der Waals surface area (Å²) in [6.07, 6.45) is 3.11. The summed E-state index contributed by atoms with van der Waals surface area (Å²) in [5.74, 6) is 0.391. The van der Waals surface area contributed by atoms with Crippen LogP contribution in [0.4, 0.5) is 10.5 Å². The number of ether oxygens (including phenoxy) is 1. The molecule has 142 valence electrons. The minimum atomic E-state index is -0.567. The Balaban J connectivity index is 1.74. The zero-order valence-corrected chi connectivity index (χ0v) is 15.0. The third-order valence-corrected chi connectivity index (χ3v) is 4.37. The lowest BCUT2D eigenvalue weighted by Gasteiger charge is -2.32. The van der Waals surface area contributed by atoms with Crippen LogP contribution in [-0.2, 0) is 9.59 Å². The maximum Gasteiger partial charge on any atom is 0.325 e. The van der Waals surface area contributed by atoms with Crippen molar-refractivity contribution in [2.75, 3.05) is 32.1 Å². The zero-order chi connectivity index (χ0) is 18.9. The van der Waals surface area contributed by atoms with Crippen LogP contribution in [0.25, 0.3) is 0 Å². The van der Waals surface area contributed by atoms with Crippen molar-refractivity contribution in [2.24, 2.45) is 11.7 Å². The Bertz CT molecular complexity index is 633. The van der Waals surface area contributed by atoms with Gasteiger partial charge in [-0.15, -0.1) is 0 Å². The molecule has 1 heterocycles. The highest BCUT2D eigenvalue weighted by Gasteiger charge is 2.22. The van der Waals surface area contributed by atoms with E-state index >= 15 is 0 Å². The van der Waals surface area contributed by atoms with Gasteiger partial charge in [-0.3, -0.25) is 19.8 Å². The number of anilines is 1. The molecule has 8 nitrogen and oxygen atoms in total. The van der Waals surface area contributed by atoms with Gasteiger partial charge in [0, 0.05) is 18.7 Å². The van der Waals surface area contributed by atoms with Crippen LogP contribution in [0.2, 0.25) is 0 Å². The van der Waals surface area contributed by atoms with Gasteiger partial charge in [-0.05, 0) is 56.0 Å². The zero-order valence-electron chi connectivity index (χ0n) is 15.0. The highest BCUT2D eigenvalue weighted by Crippen LogP contribution is 2.20. The van der Waals surface area contributed by atoms with E-state index < -0.39 is 6.03 Å². The Kier molecular flexibility index (Phi) is 7.40. The number of nitrogens with two attached hydrogens (primary N) is 1. The molecule has 2 rings (SSSR count). The van der Waals surface area contributed by atoms with E-state index in [1.54, 1.807) is 31.4 Å². The number of nitrogens with one attached hydrogen (secondary N) is 2. The molecule has 1 unspecified atom stereocenters. The molecule has 0 bridgehead atoms. The Morgan fingerprint density at radius 1 is 1.27 bits per heavy atom. The van der Waals surface area contributed by atoms with Gasteiger partial charge in [0.1, 0.15) is 5.75 Å². The van der Waals surface area contributed by atoms with Crippen LogP contribution < -0.4 is 21.1 Å². The number of rotatable bonds is 7. The molecule has 0 aliphatic carbocycles. The number of piperidine rings is 1. The fraction of sp³-hybridized carbons (Fsp3) is 0.500. The summed E-state index contributed by atoms with van der Waals surface area (Å²) in [6, 6.07) is 6.25. The second kappa shape index (κ2) is 9.76. The van der Waals surface area contributed by atoms with E-state index in [0.29, 0.717) is 23.8 Å². The number of hydrogen-bond donors (Lipinski definition) is 3. The van der Waals surface area contributed by atoms with E-state index in [-0.39, 0.29) is 18.4 Å². The molecule has 4 N–H and O–H groups in total. The van der Waals surface area contributed by atoms with Gasteiger partial charge in [0.2, 0.25) is 11.8 Å². The van der Waals surface area contributed by atoms with E-state index in [2.05, 4.69) is 10.6 Å². The van der Waals surface area contributed by atoms with Crippen LogP contribution in [0.3, 0.4) is 0 Å². The third-order valence-electron chi connectivity index (χ3n) is 4.37. The van der Waals surface area contributed by atoms with Crippen LogP contribution in [0, 0.1) is 5.92 Å². The molecule has 0 saturated carbocycles. The second-order valence-electron chi connectivity index (χ2n) is 6.48. The summed E-state index contributed by atoms with van der Waals surface area (Å²) < 4.78 is 5.05. The van der Waals surface area contributed by atoms with Crippen molar-refractivity contribution in [3.05, 3.63) is 24.3 Å². The second-order valence-corrected chi connectivity index (χ2v) is 6.48. The molecule has 0 radical (unpaired) electrons. The number of primary amides is 1. The molecule has 1 fully saturated rings. The van der Waals surface area contributed by atoms with Gasteiger partial charge in [-0.1, -0.05) is 0 Å². The molecule has 1 saturated heterocycles. The number of likely N-dealkylation sites (tertiary alicyclic amines) is 1. The number of urea groups is 1. The average molecular weight is 362 g/mol. The molecule has 8 heteroatoms. The lowest BCUT2D eigenvalue weighted by molar-refractivity contribution is -0.122. The van der Waals surface area contributed by atoms with Crippen LogP contribution in [0.1, 0.15) is 25.7 Å². The number of methoxy groups -OCH3 is 1. The summed E-state index contributed by atoms with van der Waals surface area (Å²) >= 11 is 0. The van der Waals surface area contributed by atoms with E-state index in [4.69, 9.17) is 10.5 Å². The molecule has 0 spiro atoms. The Morgan fingerprint density at radius 3 is 2.65 bits per heavy atom. The minimum Gasteiger partial charge on any atom is -0.497 e. The van der Waals surface area contributed by atoms with E-state index in [1.165, 1.54) is 0 Å². The fourth-order valence-corrected chi connectivity index (χ4v) is 3.08. The molecule has 26 heavy (non-hydrogen) atoms. The van der Waals surface area contributed by atoms with Gasteiger partial charge in [-0.2, -0.15) is 0 Å². The summed E-state index contributed by atoms with van der Waals surface area (Å²) in [6.45, 7) is 1.70. The largest absolute Gasteiger partial charge is 0.497 e. The number of amides is 4. The standard InChI is InChI=1S/C18H26N4O4/c1-26-15-7-5-14(6-8-15)20-18(25)21-17(24)12-22-10-2-3-13(11-22)4-9-16(19)23/h5-8,13H,2-4,9-12H2,1H3,(H2,19,23)(H2,20,21,24,25). The first-order chi connectivity index (χ1) is 12.5. The highest BCUT2D eigenvalue weighted by atomic mass is 16.5. The monoisotopic (exact) mass is 362 g/mol. The first kappa shape index (κ1) is 19.7. The molecule has 1 aliphatic rings. The molecule has 0 aromatic heterocycles. The molecular weight excluding hydrogens is 336 g/mol. The van der Waals surface area contributed by atoms with E-state index in [0.717, 1.165) is 32.4 Å². The van der Waals surface area contributed by atoms with Crippen LogP contribution >= 0.6 is 0 Å². The Labute approximate surface area is 153 Å². The molecule has 1 aromatic rings. The van der Waals surface area contributed by atoms with Gasteiger partial charge in [0.05, 0.1) is 13.7 Å². The maximum absolute atomic E-state index is 12.1. The van der Waals surface area contributed by atoms with Gasteiger partial charge >= 0.3 is 6.03 Å². The first-order valence-electron chi connectivity index (χ1n) is 8.72. The predicted molar refractivity (Wildman–Crippen MR) is 97.7 cm³/mol. The van der Waals surface area contributed by atoms with E-state index in [1.807, 2.05) is 4.90 Å². The van der Waals surface area contributed by atoms with Crippen molar-refractivity contribution in [1.29, 1.82) is 0 Å². The SMILES string of the molecule is COc1ccc(NC(=O)NC(=O)CN2CCCC(CCC(N)=O)C2)cc1. The van der Waals surface area contributed by atoms with Gasteiger partial charge in [0.25, 0.3) is 0 Å². The van der Waals surface area contributed by atoms with Gasteiger partial charge < -0.3 is 15.8 Å². The lowest BCUT2D eigenvalue weighted by Crippen LogP contribution is -2.45. The normalized spacial score (nSPS) is 17.3. The van der Waals surface area contributed by atoms with Crippen LogP contribution in [0.15, 0.2) is 24.3 Å². The van der Waals surface area contributed by atoms with Crippen molar-refractivity contribution in [2.45, 2.75) is 25.7 Å². The highest BCUT2D eigenvalue weighted by molar-refractivity contribution is 6.01. The molecule has 1 atom stereocenters. The van der Waals surface area contributed by atoms with Gasteiger partial charge in [0.15, 0.2) is 0 Å².